The number of hydrogen-bond donors (Lipinski definition) is 2. The molecule has 3 heterocycles. The van der Waals surface area contributed by atoms with E-state index >= 15 is 0 Å². The minimum atomic E-state index is -0.195. The van der Waals surface area contributed by atoms with E-state index in [0.29, 0.717) is 29.3 Å². The van der Waals surface area contributed by atoms with Gasteiger partial charge in [-0.1, -0.05) is 35.4 Å². The maximum Gasteiger partial charge on any atom is 0.267 e. The maximum absolute atomic E-state index is 13.8. The van der Waals surface area contributed by atoms with Crippen LogP contribution in [0.2, 0.25) is 0 Å². The lowest BCUT2D eigenvalue weighted by atomic mass is 9.96. The van der Waals surface area contributed by atoms with E-state index in [9.17, 15) is 9.90 Å². The van der Waals surface area contributed by atoms with Gasteiger partial charge in [0.1, 0.15) is 12.1 Å². The molecule has 7 heteroatoms. The number of nitrogens with zero attached hydrogens (tertiary/aromatic N) is 4. The Hall–Kier alpha value is -3.55. The third-order valence-electron chi connectivity index (χ3n) is 6.42. The quantitative estimate of drug-likeness (QED) is 0.463. The van der Waals surface area contributed by atoms with E-state index in [4.69, 9.17) is 0 Å². The summed E-state index contributed by atoms with van der Waals surface area (Å²) in [4.78, 5) is 25.2. The molecular formula is C27H29N5O2. The van der Waals surface area contributed by atoms with Crippen molar-refractivity contribution in [1.82, 2.24) is 24.8 Å². The number of likely N-dealkylation sites (N-methyl/N-ethyl adjacent to an activating group) is 1. The van der Waals surface area contributed by atoms with Crippen molar-refractivity contribution in [3.05, 3.63) is 82.0 Å². The second-order valence-corrected chi connectivity index (χ2v) is 9.30. The summed E-state index contributed by atoms with van der Waals surface area (Å²) in [6.45, 7) is 6.71. The molecule has 4 aromatic rings. The molecular weight excluding hydrogens is 426 g/mol. The number of phenols is 1. The van der Waals surface area contributed by atoms with Crippen molar-refractivity contribution in [3.63, 3.8) is 0 Å². The molecule has 2 aromatic carbocycles. The Morgan fingerprint density at radius 2 is 1.91 bits per heavy atom. The number of nitrogens with one attached hydrogen (secondary N) is 1. The van der Waals surface area contributed by atoms with E-state index in [0.717, 1.165) is 47.3 Å². The van der Waals surface area contributed by atoms with Crippen LogP contribution in [-0.2, 0) is 6.54 Å². The molecule has 2 N–H and O–H groups in total. The van der Waals surface area contributed by atoms with E-state index in [1.54, 1.807) is 24.3 Å². The Labute approximate surface area is 198 Å². The second kappa shape index (κ2) is 9.00. The number of fused-ring (bicyclic) bond motifs is 1. The summed E-state index contributed by atoms with van der Waals surface area (Å²) in [7, 11) is 2.08. The first-order valence-electron chi connectivity index (χ1n) is 11.6. The smallest absolute Gasteiger partial charge is 0.267 e. The zero-order valence-electron chi connectivity index (χ0n) is 19.7. The fraction of sp³-hybridized carbons (Fsp3) is 0.296. The largest absolute Gasteiger partial charge is 0.508 e. The molecule has 0 radical (unpaired) electrons. The summed E-state index contributed by atoms with van der Waals surface area (Å²) in [6, 6.07) is 13.5. The van der Waals surface area contributed by atoms with Crippen LogP contribution in [0.25, 0.3) is 27.8 Å². The van der Waals surface area contributed by atoms with Gasteiger partial charge in [-0.3, -0.25) is 9.36 Å². The van der Waals surface area contributed by atoms with Crippen LogP contribution in [0.15, 0.2) is 59.8 Å². The number of pyridine rings is 1. The summed E-state index contributed by atoms with van der Waals surface area (Å²) in [5, 5.41) is 13.9. The van der Waals surface area contributed by atoms with E-state index in [2.05, 4.69) is 59.3 Å². The Morgan fingerprint density at radius 1 is 1.15 bits per heavy atom. The zero-order valence-corrected chi connectivity index (χ0v) is 19.7. The summed E-state index contributed by atoms with van der Waals surface area (Å²) >= 11 is 0. The van der Waals surface area contributed by atoms with Gasteiger partial charge in [0, 0.05) is 37.0 Å². The molecule has 7 nitrogen and oxygen atoms in total. The van der Waals surface area contributed by atoms with Crippen molar-refractivity contribution in [1.29, 1.82) is 0 Å². The lowest BCUT2D eigenvalue weighted by molar-refractivity contribution is 0.236. The number of hydrogen-bond acceptors (Lipinski definition) is 6. The standard InChI is InChI=1S/C27H29N5O2/c1-17-9-18(2)11-19(10-17)23-13-29-26-25(24(23)15-31(3)14-20-7-8-28-20)27(34)32(16-30-26)21-5-4-6-22(33)12-21/h4-6,9-13,16,20,28,33H,7-8,14-15H2,1-3H3/t20-/m0/s1. The zero-order chi connectivity index (χ0) is 23.8. The molecule has 1 aliphatic rings. The minimum Gasteiger partial charge on any atom is -0.508 e. The van der Waals surface area contributed by atoms with Crippen LogP contribution in [0.5, 0.6) is 5.75 Å². The van der Waals surface area contributed by atoms with Crippen molar-refractivity contribution in [2.75, 3.05) is 20.1 Å². The number of aromatic hydroxyl groups is 1. The van der Waals surface area contributed by atoms with Crippen LogP contribution in [0.3, 0.4) is 0 Å². The SMILES string of the molecule is Cc1cc(C)cc(-c2cnc3ncn(-c4cccc(O)c4)c(=O)c3c2CN(C)C[C@@H]2CCN2)c1. The van der Waals surface area contributed by atoms with E-state index < -0.39 is 0 Å². The lowest BCUT2D eigenvalue weighted by Crippen LogP contribution is -2.49. The van der Waals surface area contributed by atoms with Crippen LogP contribution >= 0.6 is 0 Å². The van der Waals surface area contributed by atoms with Crippen LogP contribution < -0.4 is 10.9 Å². The van der Waals surface area contributed by atoms with Gasteiger partial charge in [-0.05, 0) is 57.1 Å². The Bertz CT molecular complexity index is 1400. The maximum atomic E-state index is 13.8. The highest BCUT2D eigenvalue weighted by Gasteiger charge is 2.22. The first-order chi connectivity index (χ1) is 16.4. The summed E-state index contributed by atoms with van der Waals surface area (Å²) in [6.07, 6.45) is 4.48. The molecule has 1 saturated heterocycles. The summed E-state index contributed by atoms with van der Waals surface area (Å²) < 4.78 is 1.48. The van der Waals surface area contributed by atoms with E-state index in [1.807, 2.05) is 6.20 Å². The van der Waals surface area contributed by atoms with Crippen molar-refractivity contribution in [2.24, 2.45) is 0 Å². The van der Waals surface area contributed by atoms with E-state index in [-0.39, 0.29) is 11.3 Å². The van der Waals surface area contributed by atoms with Gasteiger partial charge in [-0.2, -0.15) is 0 Å². The molecule has 1 fully saturated rings. The molecule has 1 atom stereocenters. The van der Waals surface area contributed by atoms with Gasteiger partial charge in [0.2, 0.25) is 0 Å². The molecule has 34 heavy (non-hydrogen) atoms. The third-order valence-corrected chi connectivity index (χ3v) is 6.42. The highest BCUT2D eigenvalue weighted by molar-refractivity contribution is 5.86. The van der Waals surface area contributed by atoms with Crippen LogP contribution in [0.1, 0.15) is 23.1 Å². The monoisotopic (exact) mass is 455 g/mol. The van der Waals surface area contributed by atoms with Gasteiger partial charge in [0.05, 0.1) is 11.1 Å². The van der Waals surface area contributed by atoms with Crippen molar-refractivity contribution >= 4 is 11.0 Å². The summed E-state index contributed by atoms with van der Waals surface area (Å²) in [5.74, 6) is 0.0968. The molecule has 0 saturated carbocycles. The molecule has 0 aliphatic carbocycles. The van der Waals surface area contributed by atoms with Gasteiger partial charge < -0.3 is 15.3 Å². The first kappa shape index (κ1) is 22.3. The van der Waals surface area contributed by atoms with Gasteiger partial charge in [0.15, 0.2) is 5.65 Å². The average molecular weight is 456 g/mol. The van der Waals surface area contributed by atoms with Crippen LogP contribution in [-0.4, -0.2) is 50.7 Å². The normalized spacial score (nSPS) is 15.6. The van der Waals surface area contributed by atoms with Crippen molar-refractivity contribution in [2.45, 2.75) is 32.9 Å². The number of benzene rings is 2. The first-order valence-corrected chi connectivity index (χ1v) is 11.6. The highest BCUT2D eigenvalue weighted by atomic mass is 16.3. The van der Waals surface area contributed by atoms with Gasteiger partial charge in [-0.25, -0.2) is 9.97 Å². The fourth-order valence-corrected chi connectivity index (χ4v) is 4.73. The molecule has 5 rings (SSSR count). The minimum absolute atomic E-state index is 0.0968. The Balaban J connectivity index is 1.72. The molecule has 1 aliphatic heterocycles. The third kappa shape index (κ3) is 4.32. The predicted molar refractivity (Wildman–Crippen MR) is 134 cm³/mol. The second-order valence-electron chi connectivity index (χ2n) is 9.30. The summed E-state index contributed by atoms with van der Waals surface area (Å²) in [5.41, 5.74) is 6.04. The highest BCUT2D eigenvalue weighted by Crippen LogP contribution is 2.30. The molecule has 0 unspecified atom stereocenters. The van der Waals surface area contributed by atoms with Crippen molar-refractivity contribution in [3.8, 4) is 22.6 Å². The van der Waals surface area contributed by atoms with Gasteiger partial charge in [0.25, 0.3) is 5.56 Å². The van der Waals surface area contributed by atoms with E-state index in [1.165, 1.54) is 10.9 Å². The molecule has 0 amide bonds. The number of aryl methyl sites for hydroxylation is 2. The molecule has 0 spiro atoms. The topological polar surface area (TPSA) is 83.3 Å². The molecule has 0 bridgehead atoms. The Kier molecular flexibility index (Phi) is 5.89. The van der Waals surface area contributed by atoms with Crippen LogP contribution in [0.4, 0.5) is 0 Å². The number of aromatic nitrogens is 3. The van der Waals surface area contributed by atoms with Crippen LogP contribution in [0, 0.1) is 13.8 Å². The van der Waals surface area contributed by atoms with Gasteiger partial charge >= 0.3 is 0 Å². The molecule has 174 valence electrons. The van der Waals surface area contributed by atoms with Gasteiger partial charge in [-0.15, -0.1) is 0 Å². The predicted octanol–water partition coefficient (Wildman–Crippen LogP) is 3.56. The average Bonchev–Trinajstić information content (AvgIpc) is 2.76. The van der Waals surface area contributed by atoms with Crippen molar-refractivity contribution < 1.29 is 5.11 Å². The Morgan fingerprint density at radius 3 is 2.59 bits per heavy atom. The molecule has 2 aromatic heterocycles. The fourth-order valence-electron chi connectivity index (χ4n) is 4.73. The lowest BCUT2D eigenvalue weighted by Gasteiger charge is -2.32. The number of rotatable bonds is 6. The number of phenolic OH excluding ortho intramolecular Hbond substituents is 1.